The number of hydrogen-bond donors (Lipinski definition) is 1. The Balaban J connectivity index is 1.70. The zero-order chi connectivity index (χ0) is 14.9. The van der Waals surface area contributed by atoms with E-state index >= 15 is 0 Å². The second-order valence-corrected chi connectivity index (χ2v) is 7.05. The second-order valence-electron chi connectivity index (χ2n) is 7.05. The van der Waals surface area contributed by atoms with Gasteiger partial charge in [0.2, 0.25) is 5.89 Å². The minimum atomic E-state index is -0.676. The van der Waals surface area contributed by atoms with E-state index in [0.29, 0.717) is 18.5 Å². The molecule has 2 N–H and O–H groups in total. The topological polar surface area (TPSA) is 74.2 Å². The third kappa shape index (κ3) is 2.86. The smallest absolute Gasteiger partial charge is 0.232 e. The van der Waals surface area contributed by atoms with Gasteiger partial charge in [-0.2, -0.15) is 4.98 Å². The minimum absolute atomic E-state index is 0.0795. The van der Waals surface area contributed by atoms with Crippen LogP contribution in [-0.4, -0.2) is 22.9 Å². The van der Waals surface area contributed by atoms with E-state index in [1.54, 1.807) is 0 Å². The second kappa shape index (κ2) is 5.69. The fourth-order valence-corrected chi connectivity index (χ4v) is 3.33. The van der Waals surface area contributed by atoms with Crippen LogP contribution in [-0.2, 0) is 15.7 Å². The van der Waals surface area contributed by atoms with Crippen molar-refractivity contribution in [3.63, 3.8) is 0 Å². The molecule has 0 radical (unpaired) electrons. The van der Waals surface area contributed by atoms with Gasteiger partial charge in [0.05, 0.1) is 12.7 Å². The van der Waals surface area contributed by atoms with Crippen molar-refractivity contribution in [2.75, 3.05) is 6.61 Å². The molecule has 21 heavy (non-hydrogen) atoms. The molecule has 0 saturated heterocycles. The molecule has 1 aromatic heterocycles. The molecule has 0 spiro atoms. The van der Waals surface area contributed by atoms with Crippen LogP contribution in [0.2, 0.25) is 0 Å². The monoisotopic (exact) mass is 293 g/mol. The van der Waals surface area contributed by atoms with Crippen molar-refractivity contribution in [2.45, 2.75) is 82.3 Å². The lowest BCUT2D eigenvalue weighted by Crippen LogP contribution is -2.41. The summed E-state index contributed by atoms with van der Waals surface area (Å²) < 4.78 is 11.4. The van der Waals surface area contributed by atoms with Crippen molar-refractivity contribution in [3.8, 4) is 0 Å². The Bertz CT molecular complexity index is 474. The standard InChI is InChI=1S/C16H27N3O2/c1-3-16(9-4-5-10-16)14-18-13(19-21-14)15(2,17)11-20-12-7-6-8-12/h12H,3-11,17H2,1-2H3. The zero-order valence-corrected chi connectivity index (χ0v) is 13.2. The van der Waals surface area contributed by atoms with Gasteiger partial charge >= 0.3 is 0 Å². The van der Waals surface area contributed by atoms with E-state index < -0.39 is 5.54 Å². The molecule has 2 aliphatic carbocycles. The molecule has 0 aliphatic heterocycles. The van der Waals surface area contributed by atoms with Crippen molar-refractivity contribution in [3.05, 3.63) is 11.7 Å². The maximum absolute atomic E-state index is 6.35. The fraction of sp³-hybridized carbons (Fsp3) is 0.875. The first-order valence-electron chi connectivity index (χ1n) is 8.31. The van der Waals surface area contributed by atoms with Gasteiger partial charge in [-0.15, -0.1) is 0 Å². The summed E-state index contributed by atoms with van der Waals surface area (Å²) in [6, 6.07) is 0. The van der Waals surface area contributed by atoms with Gasteiger partial charge in [-0.25, -0.2) is 0 Å². The van der Waals surface area contributed by atoms with E-state index in [1.165, 1.54) is 19.3 Å². The highest BCUT2D eigenvalue weighted by molar-refractivity contribution is 5.11. The summed E-state index contributed by atoms with van der Waals surface area (Å²) in [7, 11) is 0. The summed E-state index contributed by atoms with van der Waals surface area (Å²) in [4.78, 5) is 4.65. The minimum Gasteiger partial charge on any atom is -0.376 e. The first-order chi connectivity index (χ1) is 10.1. The van der Waals surface area contributed by atoms with E-state index in [-0.39, 0.29) is 5.41 Å². The highest BCUT2D eigenvalue weighted by Gasteiger charge is 2.40. The van der Waals surface area contributed by atoms with Crippen LogP contribution in [0.4, 0.5) is 0 Å². The Hall–Kier alpha value is -0.940. The molecule has 2 aliphatic rings. The third-order valence-corrected chi connectivity index (χ3v) is 5.30. The quantitative estimate of drug-likeness (QED) is 0.872. The van der Waals surface area contributed by atoms with Crippen LogP contribution in [0.3, 0.4) is 0 Å². The Morgan fingerprint density at radius 3 is 2.62 bits per heavy atom. The van der Waals surface area contributed by atoms with Gasteiger partial charge < -0.3 is 15.0 Å². The van der Waals surface area contributed by atoms with Crippen molar-refractivity contribution in [1.82, 2.24) is 10.1 Å². The van der Waals surface area contributed by atoms with Gasteiger partial charge in [0.25, 0.3) is 0 Å². The molecule has 1 unspecified atom stereocenters. The van der Waals surface area contributed by atoms with Crippen LogP contribution in [0.1, 0.15) is 76.9 Å². The molecule has 0 bridgehead atoms. The van der Waals surface area contributed by atoms with Gasteiger partial charge in [0.15, 0.2) is 5.82 Å². The number of aromatic nitrogens is 2. The molecule has 1 heterocycles. The summed E-state index contributed by atoms with van der Waals surface area (Å²) in [5.74, 6) is 1.36. The van der Waals surface area contributed by atoms with Gasteiger partial charge in [-0.1, -0.05) is 24.9 Å². The molecular formula is C16H27N3O2. The van der Waals surface area contributed by atoms with E-state index in [9.17, 15) is 0 Å². The highest BCUT2D eigenvalue weighted by atomic mass is 16.5. The number of nitrogens with two attached hydrogens (primary N) is 1. The Morgan fingerprint density at radius 1 is 1.33 bits per heavy atom. The molecule has 2 fully saturated rings. The average Bonchev–Trinajstić information content (AvgIpc) is 3.06. The molecule has 118 valence electrons. The largest absolute Gasteiger partial charge is 0.376 e. The maximum atomic E-state index is 6.35. The molecular weight excluding hydrogens is 266 g/mol. The Morgan fingerprint density at radius 2 is 2.05 bits per heavy atom. The molecule has 5 nitrogen and oxygen atoms in total. The SMILES string of the molecule is CCC1(c2nc(C(C)(N)COC3CCC3)no2)CCCC1. The lowest BCUT2D eigenvalue weighted by Gasteiger charge is -2.29. The van der Waals surface area contributed by atoms with Gasteiger partial charge in [0.1, 0.15) is 5.54 Å². The summed E-state index contributed by atoms with van der Waals surface area (Å²) in [6.07, 6.45) is 9.75. The van der Waals surface area contributed by atoms with Crippen LogP contribution in [0.15, 0.2) is 4.52 Å². The van der Waals surface area contributed by atoms with E-state index in [4.69, 9.17) is 15.0 Å². The third-order valence-electron chi connectivity index (χ3n) is 5.30. The predicted octanol–water partition coefficient (Wildman–Crippen LogP) is 3.03. The lowest BCUT2D eigenvalue weighted by atomic mass is 9.83. The number of ether oxygens (including phenoxy) is 1. The highest BCUT2D eigenvalue weighted by Crippen LogP contribution is 2.43. The van der Waals surface area contributed by atoms with Crippen molar-refractivity contribution >= 4 is 0 Å². The summed E-state index contributed by atoms with van der Waals surface area (Å²) in [6.45, 7) is 4.58. The van der Waals surface area contributed by atoms with Crippen molar-refractivity contribution in [1.29, 1.82) is 0 Å². The lowest BCUT2D eigenvalue weighted by molar-refractivity contribution is -0.0222. The van der Waals surface area contributed by atoms with Crippen LogP contribution >= 0.6 is 0 Å². The number of rotatable bonds is 6. The van der Waals surface area contributed by atoms with Crippen LogP contribution in [0, 0.1) is 0 Å². The molecule has 0 amide bonds. The molecule has 1 atom stereocenters. The maximum Gasteiger partial charge on any atom is 0.232 e. The van der Waals surface area contributed by atoms with Crippen LogP contribution in [0.5, 0.6) is 0 Å². The molecule has 1 aromatic rings. The van der Waals surface area contributed by atoms with Gasteiger partial charge in [-0.05, 0) is 45.4 Å². The summed E-state index contributed by atoms with van der Waals surface area (Å²) in [5, 5.41) is 4.16. The van der Waals surface area contributed by atoms with Crippen LogP contribution in [0.25, 0.3) is 0 Å². The summed E-state index contributed by atoms with van der Waals surface area (Å²) >= 11 is 0. The van der Waals surface area contributed by atoms with E-state index in [1.807, 2.05) is 6.92 Å². The molecule has 2 saturated carbocycles. The van der Waals surface area contributed by atoms with Gasteiger partial charge in [-0.3, -0.25) is 0 Å². The Kier molecular flexibility index (Phi) is 4.06. The van der Waals surface area contributed by atoms with Gasteiger partial charge in [0, 0.05) is 5.41 Å². The van der Waals surface area contributed by atoms with E-state index in [2.05, 4.69) is 17.1 Å². The molecule has 3 rings (SSSR count). The van der Waals surface area contributed by atoms with Crippen molar-refractivity contribution < 1.29 is 9.26 Å². The number of nitrogens with zero attached hydrogens (tertiary/aromatic N) is 2. The first kappa shape index (κ1) is 15.0. The summed E-state index contributed by atoms with van der Waals surface area (Å²) in [5.41, 5.74) is 5.76. The molecule has 5 heteroatoms. The van der Waals surface area contributed by atoms with Crippen LogP contribution < -0.4 is 5.73 Å². The van der Waals surface area contributed by atoms with Crippen molar-refractivity contribution in [2.24, 2.45) is 5.73 Å². The molecule has 0 aromatic carbocycles. The number of hydrogen-bond acceptors (Lipinski definition) is 5. The van der Waals surface area contributed by atoms with E-state index in [0.717, 1.165) is 38.0 Å². The average molecular weight is 293 g/mol. The zero-order valence-electron chi connectivity index (χ0n) is 13.2. The fourth-order valence-electron chi connectivity index (χ4n) is 3.33. The first-order valence-corrected chi connectivity index (χ1v) is 8.31. The normalized spacial score (nSPS) is 24.7. The Labute approximate surface area is 126 Å². The predicted molar refractivity (Wildman–Crippen MR) is 79.9 cm³/mol.